The molecule has 8 heteroatoms. The van der Waals surface area contributed by atoms with Gasteiger partial charge in [-0.15, -0.1) is 10.2 Å². The monoisotopic (exact) mass is 454 g/mol. The van der Waals surface area contributed by atoms with E-state index in [1.807, 2.05) is 24.3 Å². The van der Waals surface area contributed by atoms with Crippen LogP contribution in [0.4, 0.5) is 4.39 Å². The van der Waals surface area contributed by atoms with Crippen molar-refractivity contribution in [3.63, 3.8) is 0 Å². The molecule has 1 unspecified atom stereocenters. The topological polar surface area (TPSA) is 52.8 Å². The number of thioether (sulfide) groups is 1. The molecule has 4 aromatic rings. The van der Waals surface area contributed by atoms with E-state index < -0.39 is 0 Å². The predicted molar refractivity (Wildman–Crippen MR) is 121 cm³/mol. The lowest BCUT2D eigenvalue weighted by molar-refractivity contribution is 0.0953. The normalized spacial score (nSPS) is 16.3. The smallest absolute Gasteiger partial charge is 0.191 e. The van der Waals surface area contributed by atoms with E-state index in [0.717, 1.165) is 52.5 Å². The van der Waals surface area contributed by atoms with E-state index in [1.165, 1.54) is 12.1 Å². The number of fused-ring (bicyclic) bond motifs is 1. The third kappa shape index (κ3) is 4.31. The molecule has 0 amide bonds. The maximum atomic E-state index is 13.4. The third-order valence-corrected chi connectivity index (χ3v) is 6.73. The number of pyridine rings is 1. The summed E-state index contributed by atoms with van der Waals surface area (Å²) in [5.74, 6) is 1.13. The molecule has 0 radical (unpaired) electrons. The summed E-state index contributed by atoms with van der Waals surface area (Å²) in [6.07, 6.45) is 3.98. The van der Waals surface area contributed by atoms with Gasteiger partial charge >= 0.3 is 0 Å². The van der Waals surface area contributed by atoms with Gasteiger partial charge < -0.3 is 4.74 Å². The lowest BCUT2D eigenvalue weighted by atomic mass is 10.1. The van der Waals surface area contributed by atoms with E-state index in [1.54, 1.807) is 30.1 Å². The quantitative estimate of drug-likeness (QED) is 0.347. The van der Waals surface area contributed by atoms with Gasteiger partial charge in [0.1, 0.15) is 5.82 Å². The van der Waals surface area contributed by atoms with Crippen LogP contribution in [0.1, 0.15) is 18.4 Å². The molecule has 158 valence electrons. The van der Waals surface area contributed by atoms with Crippen molar-refractivity contribution in [2.45, 2.75) is 36.4 Å². The first kappa shape index (κ1) is 20.4. The lowest BCUT2D eigenvalue weighted by Crippen LogP contribution is -2.16. The van der Waals surface area contributed by atoms with E-state index in [2.05, 4.69) is 19.7 Å². The molecular formula is C23H20ClFN4OS. The molecule has 2 aromatic carbocycles. The molecule has 0 bridgehead atoms. The van der Waals surface area contributed by atoms with Crippen LogP contribution in [0.3, 0.4) is 0 Å². The number of rotatable bonds is 6. The molecule has 1 saturated heterocycles. The zero-order valence-electron chi connectivity index (χ0n) is 16.7. The maximum absolute atomic E-state index is 13.4. The van der Waals surface area contributed by atoms with Crippen LogP contribution in [0, 0.1) is 5.82 Å². The van der Waals surface area contributed by atoms with E-state index >= 15 is 0 Å². The first-order valence-corrected chi connectivity index (χ1v) is 11.5. The summed E-state index contributed by atoms with van der Waals surface area (Å²) in [6.45, 7) is 1.45. The van der Waals surface area contributed by atoms with Crippen LogP contribution in [0.2, 0.25) is 5.02 Å². The van der Waals surface area contributed by atoms with Crippen molar-refractivity contribution >= 4 is 34.3 Å². The molecule has 5 nitrogen and oxygen atoms in total. The van der Waals surface area contributed by atoms with Crippen LogP contribution in [-0.2, 0) is 17.0 Å². The first-order valence-electron chi connectivity index (χ1n) is 10.1. The van der Waals surface area contributed by atoms with Crippen molar-refractivity contribution in [2.24, 2.45) is 0 Å². The van der Waals surface area contributed by atoms with E-state index in [9.17, 15) is 4.39 Å². The van der Waals surface area contributed by atoms with Crippen LogP contribution in [-0.4, -0.2) is 32.5 Å². The van der Waals surface area contributed by atoms with Crippen LogP contribution in [0.15, 0.2) is 59.9 Å². The van der Waals surface area contributed by atoms with Crippen molar-refractivity contribution in [1.29, 1.82) is 0 Å². The summed E-state index contributed by atoms with van der Waals surface area (Å²) >= 11 is 7.93. The second-order valence-electron chi connectivity index (χ2n) is 7.45. The minimum absolute atomic E-state index is 0.132. The average molecular weight is 455 g/mol. The molecule has 3 heterocycles. The fraction of sp³-hybridized carbons (Fsp3) is 0.261. The molecule has 31 heavy (non-hydrogen) atoms. The number of halogens is 2. The van der Waals surface area contributed by atoms with Crippen LogP contribution >= 0.6 is 23.4 Å². The van der Waals surface area contributed by atoms with E-state index in [-0.39, 0.29) is 11.9 Å². The highest BCUT2D eigenvalue weighted by Gasteiger charge is 2.22. The molecule has 1 fully saturated rings. The van der Waals surface area contributed by atoms with E-state index in [4.69, 9.17) is 16.3 Å². The Morgan fingerprint density at radius 3 is 2.81 bits per heavy atom. The second kappa shape index (κ2) is 8.94. The number of ether oxygens (including phenoxy) is 1. The number of hydrogen-bond acceptors (Lipinski definition) is 5. The van der Waals surface area contributed by atoms with Gasteiger partial charge in [0.15, 0.2) is 11.0 Å². The summed E-state index contributed by atoms with van der Waals surface area (Å²) < 4.78 is 21.4. The van der Waals surface area contributed by atoms with Crippen molar-refractivity contribution in [3.05, 3.63) is 71.1 Å². The number of aromatic nitrogens is 4. The van der Waals surface area contributed by atoms with Crippen molar-refractivity contribution < 1.29 is 9.13 Å². The van der Waals surface area contributed by atoms with Crippen molar-refractivity contribution in [1.82, 2.24) is 19.7 Å². The van der Waals surface area contributed by atoms with Gasteiger partial charge in [-0.3, -0.25) is 9.55 Å². The zero-order chi connectivity index (χ0) is 21.2. The Morgan fingerprint density at radius 1 is 1.13 bits per heavy atom. The predicted octanol–water partition coefficient (Wildman–Crippen LogP) is 5.76. The Balaban J connectivity index is 1.46. The van der Waals surface area contributed by atoms with Crippen molar-refractivity contribution in [3.8, 4) is 11.4 Å². The third-order valence-electron chi connectivity index (χ3n) is 5.39. The summed E-state index contributed by atoms with van der Waals surface area (Å²) in [4.78, 5) is 4.52. The van der Waals surface area contributed by atoms with Gasteiger partial charge in [0, 0.05) is 34.5 Å². The van der Waals surface area contributed by atoms with Gasteiger partial charge in [0.25, 0.3) is 0 Å². The van der Waals surface area contributed by atoms with Gasteiger partial charge in [-0.1, -0.05) is 29.4 Å². The maximum Gasteiger partial charge on any atom is 0.191 e. The molecule has 2 aromatic heterocycles. The largest absolute Gasteiger partial charge is 0.376 e. The molecule has 1 aliphatic heterocycles. The Labute approximate surface area is 188 Å². The zero-order valence-corrected chi connectivity index (χ0v) is 18.2. The molecular weight excluding hydrogens is 435 g/mol. The van der Waals surface area contributed by atoms with E-state index in [0.29, 0.717) is 17.3 Å². The van der Waals surface area contributed by atoms with Crippen LogP contribution < -0.4 is 0 Å². The lowest BCUT2D eigenvalue weighted by Gasteiger charge is -2.15. The molecule has 1 atom stereocenters. The average Bonchev–Trinajstić information content (AvgIpc) is 3.45. The van der Waals surface area contributed by atoms with Gasteiger partial charge in [0.2, 0.25) is 0 Å². The summed E-state index contributed by atoms with van der Waals surface area (Å²) in [6, 6.07) is 14.1. The number of hydrogen-bond donors (Lipinski definition) is 0. The highest BCUT2D eigenvalue weighted by Crippen LogP contribution is 2.32. The summed E-state index contributed by atoms with van der Waals surface area (Å²) in [5.41, 5.74) is 2.81. The Kier molecular flexibility index (Phi) is 5.89. The molecule has 1 aliphatic rings. The SMILES string of the molecule is Fc1ccc(-c2nnc(SCc3ccc(Cl)c4cccnc34)n2CC2CCCO2)cc1. The number of nitrogens with zero attached hydrogens (tertiary/aromatic N) is 4. The van der Waals surface area contributed by atoms with Gasteiger partial charge in [-0.2, -0.15) is 0 Å². The fourth-order valence-corrected chi connectivity index (χ4v) is 4.97. The minimum Gasteiger partial charge on any atom is -0.376 e. The summed E-state index contributed by atoms with van der Waals surface area (Å²) in [5, 5.41) is 11.3. The van der Waals surface area contributed by atoms with Crippen LogP contribution in [0.5, 0.6) is 0 Å². The minimum atomic E-state index is -0.273. The van der Waals surface area contributed by atoms with Crippen LogP contribution in [0.25, 0.3) is 22.3 Å². The van der Waals surface area contributed by atoms with Gasteiger partial charge in [0.05, 0.1) is 18.2 Å². The molecule has 5 rings (SSSR count). The molecule has 0 aliphatic carbocycles. The van der Waals surface area contributed by atoms with Gasteiger partial charge in [-0.05, 0) is 60.9 Å². The second-order valence-corrected chi connectivity index (χ2v) is 8.80. The standard InChI is InChI=1S/C23H20ClFN4OS/c24-20-10-7-16(21-19(20)4-1-11-26-21)14-31-23-28-27-22(15-5-8-17(25)9-6-15)29(23)13-18-3-2-12-30-18/h1,4-11,18H,2-3,12-14H2. The summed E-state index contributed by atoms with van der Waals surface area (Å²) in [7, 11) is 0. The van der Waals surface area contributed by atoms with Crippen molar-refractivity contribution in [2.75, 3.05) is 6.61 Å². The molecule has 0 saturated carbocycles. The number of benzene rings is 2. The first-order chi connectivity index (χ1) is 15.2. The fourth-order valence-electron chi connectivity index (χ4n) is 3.82. The Hall–Kier alpha value is -2.48. The highest BCUT2D eigenvalue weighted by atomic mass is 35.5. The highest BCUT2D eigenvalue weighted by molar-refractivity contribution is 7.98. The van der Waals surface area contributed by atoms with Gasteiger partial charge in [-0.25, -0.2) is 4.39 Å². The molecule has 0 spiro atoms. The molecule has 0 N–H and O–H groups in total. The Morgan fingerprint density at radius 2 is 2.00 bits per heavy atom. The Bertz CT molecular complexity index is 1210.